The van der Waals surface area contributed by atoms with Gasteiger partial charge in [-0.25, -0.2) is 4.98 Å². The lowest BCUT2D eigenvalue weighted by Gasteiger charge is -2.21. The predicted octanol–water partition coefficient (Wildman–Crippen LogP) is 4.84. The van der Waals surface area contributed by atoms with E-state index in [1.165, 1.54) is 11.1 Å². The van der Waals surface area contributed by atoms with Crippen molar-refractivity contribution in [3.8, 4) is 0 Å². The van der Waals surface area contributed by atoms with Crippen LogP contribution in [0.25, 0.3) is 11.0 Å². The summed E-state index contributed by atoms with van der Waals surface area (Å²) >= 11 is 0. The number of amides is 1. The van der Waals surface area contributed by atoms with Gasteiger partial charge in [-0.1, -0.05) is 72.8 Å². The Morgan fingerprint density at radius 1 is 0.800 bits per heavy atom. The summed E-state index contributed by atoms with van der Waals surface area (Å²) in [5.41, 5.74) is 4.29. The van der Waals surface area contributed by atoms with Crippen LogP contribution >= 0.6 is 0 Å². The normalized spacial score (nSPS) is 14.0. The molecule has 4 nitrogen and oxygen atoms in total. The van der Waals surface area contributed by atoms with E-state index in [4.69, 9.17) is 4.98 Å². The molecule has 0 bridgehead atoms. The average molecular weight is 396 g/mol. The number of aromatic nitrogens is 2. The number of rotatable bonds is 5. The molecular weight excluding hydrogens is 370 g/mol. The van der Waals surface area contributed by atoms with Crippen molar-refractivity contribution in [1.29, 1.82) is 0 Å². The molecule has 2 heterocycles. The number of hydrogen-bond acceptors (Lipinski definition) is 2. The Morgan fingerprint density at radius 2 is 1.37 bits per heavy atom. The Kier molecular flexibility index (Phi) is 5.06. The maximum Gasteiger partial charge on any atom is 0.242 e. The molecule has 4 heteroatoms. The SMILES string of the molecule is O=C(Cn1c(C(c2ccccc2)c2ccccc2)nc2ccccc21)N1CCCC1. The molecular formula is C26H25N3O. The molecule has 1 aromatic heterocycles. The Hall–Kier alpha value is -3.40. The van der Waals surface area contributed by atoms with E-state index in [0.29, 0.717) is 6.54 Å². The average Bonchev–Trinajstić information content (AvgIpc) is 3.45. The van der Waals surface area contributed by atoms with E-state index in [0.717, 1.165) is 42.8 Å². The first kappa shape index (κ1) is 18.6. The van der Waals surface area contributed by atoms with Crippen molar-refractivity contribution >= 4 is 16.9 Å². The highest BCUT2D eigenvalue weighted by Crippen LogP contribution is 2.33. The largest absolute Gasteiger partial charge is 0.341 e. The minimum absolute atomic E-state index is 0.0359. The standard InChI is InChI=1S/C26H25N3O/c30-24(28-17-9-10-18-28)19-29-23-16-8-7-15-22(23)27-26(29)25(20-11-3-1-4-12-20)21-13-5-2-6-14-21/h1-8,11-16,25H,9-10,17-19H2. The molecule has 1 aliphatic rings. The van der Waals surface area contributed by atoms with E-state index < -0.39 is 0 Å². The molecule has 150 valence electrons. The van der Waals surface area contributed by atoms with Crippen molar-refractivity contribution in [2.24, 2.45) is 0 Å². The molecule has 3 aromatic carbocycles. The zero-order valence-electron chi connectivity index (χ0n) is 16.9. The second-order valence-electron chi connectivity index (χ2n) is 7.89. The highest BCUT2D eigenvalue weighted by atomic mass is 16.2. The molecule has 1 fully saturated rings. The van der Waals surface area contributed by atoms with Gasteiger partial charge in [0.2, 0.25) is 5.91 Å². The number of carbonyl (C=O) groups is 1. The second-order valence-corrected chi connectivity index (χ2v) is 7.89. The molecule has 0 radical (unpaired) electrons. The summed E-state index contributed by atoms with van der Waals surface area (Å²) in [6.45, 7) is 2.05. The molecule has 0 atom stereocenters. The summed E-state index contributed by atoms with van der Waals surface area (Å²) in [5, 5.41) is 0. The third-order valence-electron chi connectivity index (χ3n) is 5.96. The van der Waals surface area contributed by atoms with E-state index in [2.05, 4.69) is 59.2 Å². The third-order valence-corrected chi connectivity index (χ3v) is 5.96. The van der Waals surface area contributed by atoms with Crippen molar-refractivity contribution in [2.45, 2.75) is 25.3 Å². The van der Waals surface area contributed by atoms with E-state index in [-0.39, 0.29) is 11.8 Å². The molecule has 0 unspecified atom stereocenters. The Balaban J connectivity index is 1.66. The van der Waals surface area contributed by atoms with Crippen molar-refractivity contribution in [1.82, 2.24) is 14.5 Å². The van der Waals surface area contributed by atoms with Crippen LogP contribution in [0.2, 0.25) is 0 Å². The van der Waals surface area contributed by atoms with E-state index in [9.17, 15) is 4.79 Å². The fraction of sp³-hybridized carbons (Fsp3) is 0.231. The van der Waals surface area contributed by atoms with Crippen LogP contribution in [0.5, 0.6) is 0 Å². The van der Waals surface area contributed by atoms with Crippen molar-refractivity contribution in [2.75, 3.05) is 13.1 Å². The van der Waals surface area contributed by atoms with Gasteiger partial charge < -0.3 is 9.47 Å². The lowest BCUT2D eigenvalue weighted by atomic mass is 9.90. The van der Waals surface area contributed by atoms with Gasteiger partial charge in [0.15, 0.2) is 0 Å². The number of benzene rings is 3. The topological polar surface area (TPSA) is 38.1 Å². The van der Waals surface area contributed by atoms with Crippen LogP contribution in [0.15, 0.2) is 84.9 Å². The first-order valence-corrected chi connectivity index (χ1v) is 10.6. The number of hydrogen-bond donors (Lipinski definition) is 0. The molecule has 0 aliphatic carbocycles. The lowest BCUT2D eigenvalue weighted by Crippen LogP contribution is -2.31. The van der Waals surface area contributed by atoms with Gasteiger partial charge in [0, 0.05) is 13.1 Å². The van der Waals surface area contributed by atoms with Crippen molar-refractivity contribution < 1.29 is 4.79 Å². The number of nitrogens with zero attached hydrogens (tertiary/aromatic N) is 3. The number of likely N-dealkylation sites (tertiary alicyclic amines) is 1. The molecule has 4 aromatic rings. The number of carbonyl (C=O) groups excluding carboxylic acids is 1. The van der Waals surface area contributed by atoms with Gasteiger partial charge in [0.05, 0.1) is 17.0 Å². The van der Waals surface area contributed by atoms with E-state index >= 15 is 0 Å². The molecule has 1 aliphatic heterocycles. The predicted molar refractivity (Wildman–Crippen MR) is 119 cm³/mol. The molecule has 1 amide bonds. The number of imidazole rings is 1. The first-order chi connectivity index (χ1) is 14.8. The van der Waals surface area contributed by atoms with Gasteiger partial charge in [-0.05, 0) is 36.1 Å². The van der Waals surface area contributed by atoms with Gasteiger partial charge in [0.1, 0.15) is 12.4 Å². The van der Waals surface area contributed by atoms with Crippen LogP contribution in [-0.4, -0.2) is 33.4 Å². The van der Waals surface area contributed by atoms with E-state index in [1.54, 1.807) is 0 Å². The molecule has 0 saturated carbocycles. The summed E-state index contributed by atoms with van der Waals surface area (Å²) in [6, 6.07) is 29.0. The van der Waals surface area contributed by atoms with Crippen molar-refractivity contribution in [3.63, 3.8) is 0 Å². The molecule has 0 spiro atoms. The Morgan fingerprint density at radius 3 is 2.00 bits per heavy atom. The minimum Gasteiger partial charge on any atom is -0.341 e. The maximum atomic E-state index is 13.1. The van der Waals surface area contributed by atoms with Crippen LogP contribution in [-0.2, 0) is 11.3 Å². The van der Waals surface area contributed by atoms with Gasteiger partial charge in [-0.3, -0.25) is 4.79 Å². The molecule has 0 N–H and O–H groups in total. The summed E-state index contributed by atoms with van der Waals surface area (Å²) in [5.74, 6) is 1.06. The van der Waals surface area contributed by atoms with Crippen molar-refractivity contribution in [3.05, 3.63) is 102 Å². The Bertz CT molecular complexity index is 1110. The smallest absolute Gasteiger partial charge is 0.242 e. The van der Waals surface area contributed by atoms with Gasteiger partial charge in [0.25, 0.3) is 0 Å². The fourth-order valence-corrected chi connectivity index (χ4v) is 4.46. The summed E-state index contributed by atoms with van der Waals surface area (Å²) in [4.78, 5) is 20.1. The number of para-hydroxylation sites is 2. The quantitative estimate of drug-likeness (QED) is 0.485. The zero-order valence-corrected chi connectivity index (χ0v) is 16.9. The van der Waals surface area contributed by atoms with Crippen LogP contribution in [0, 0.1) is 0 Å². The van der Waals surface area contributed by atoms with Crippen LogP contribution in [0.1, 0.15) is 35.7 Å². The Labute approximate surface area is 176 Å². The minimum atomic E-state index is -0.0359. The second kappa shape index (κ2) is 8.15. The van der Waals surface area contributed by atoms with Gasteiger partial charge >= 0.3 is 0 Å². The van der Waals surface area contributed by atoms with Crippen LogP contribution < -0.4 is 0 Å². The van der Waals surface area contributed by atoms with Crippen LogP contribution in [0.3, 0.4) is 0 Å². The molecule has 30 heavy (non-hydrogen) atoms. The number of fused-ring (bicyclic) bond motifs is 1. The van der Waals surface area contributed by atoms with Gasteiger partial charge in [-0.15, -0.1) is 0 Å². The van der Waals surface area contributed by atoms with Gasteiger partial charge in [-0.2, -0.15) is 0 Å². The maximum absolute atomic E-state index is 13.1. The van der Waals surface area contributed by atoms with Crippen LogP contribution in [0.4, 0.5) is 0 Å². The highest BCUT2D eigenvalue weighted by molar-refractivity contribution is 5.81. The fourth-order valence-electron chi connectivity index (χ4n) is 4.46. The zero-order chi connectivity index (χ0) is 20.3. The summed E-state index contributed by atoms with van der Waals surface area (Å²) < 4.78 is 2.13. The highest BCUT2D eigenvalue weighted by Gasteiger charge is 2.26. The first-order valence-electron chi connectivity index (χ1n) is 10.6. The molecule has 1 saturated heterocycles. The summed E-state index contributed by atoms with van der Waals surface area (Å²) in [6.07, 6.45) is 2.19. The molecule has 5 rings (SSSR count). The third kappa shape index (κ3) is 3.50. The summed E-state index contributed by atoms with van der Waals surface area (Å²) in [7, 11) is 0. The monoisotopic (exact) mass is 395 g/mol. The lowest BCUT2D eigenvalue weighted by molar-refractivity contribution is -0.130. The van der Waals surface area contributed by atoms with E-state index in [1.807, 2.05) is 35.2 Å².